The molecule has 0 bridgehead atoms. The maximum absolute atomic E-state index is 5.61. The molecule has 3 heterocycles. The van der Waals surface area contributed by atoms with Crippen molar-refractivity contribution in [1.82, 2.24) is 14.5 Å². The molecule has 3 nitrogen and oxygen atoms in total. The zero-order valence-electron chi connectivity index (χ0n) is 25.7. The largest absolute Gasteiger partial charge is 0.293 e. The van der Waals surface area contributed by atoms with Gasteiger partial charge in [0.1, 0.15) is 4.83 Å². The number of fused-ring (bicyclic) bond motifs is 13. The zero-order valence-corrected chi connectivity index (χ0v) is 26.5. The van der Waals surface area contributed by atoms with Crippen LogP contribution in [0.1, 0.15) is 0 Å². The Morgan fingerprint density at radius 2 is 1.00 bits per heavy atom. The van der Waals surface area contributed by atoms with Gasteiger partial charge in [0.05, 0.1) is 16.4 Å². The minimum atomic E-state index is 0.738. The molecule has 0 spiro atoms. The standard InChI is InChI=1S/C44H25N3S/c1-2-13-27-25-38-36(24-26(27)12-1)31-17-7-9-22-37(31)47(38)43-41-34-19-8-10-23-39(34)48-44(41)46-42(45-43)35-21-11-20-33-30-15-4-3-14-28(30)29-16-5-6-18-32(29)40(33)35/h1-25H. The minimum Gasteiger partial charge on any atom is -0.293 e. The van der Waals surface area contributed by atoms with E-state index >= 15 is 0 Å². The third-order valence-electron chi connectivity index (χ3n) is 9.98. The van der Waals surface area contributed by atoms with Gasteiger partial charge in [0.25, 0.3) is 0 Å². The van der Waals surface area contributed by atoms with Gasteiger partial charge in [-0.1, -0.05) is 127 Å². The lowest BCUT2D eigenvalue weighted by Crippen LogP contribution is -2.02. The summed E-state index contributed by atoms with van der Waals surface area (Å²) in [6.07, 6.45) is 0. The molecule has 0 atom stereocenters. The molecule has 0 aliphatic rings. The lowest BCUT2D eigenvalue weighted by Gasteiger charge is -2.15. The number of nitrogens with zero attached hydrogens (tertiary/aromatic N) is 3. The Kier molecular flexibility index (Phi) is 5.26. The highest BCUT2D eigenvalue weighted by molar-refractivity contribution is 7.25. The summed E-state index contributed by atoms with van der Waals surface area (Å²) < 4.78 is 3.59. The molecule has 0 saturated heterocycles. The summed E-state index contributed by atoms with van der Waals surface area (Å²) in [6.45, 7) is 0. The van der Waals surface area contributed by atoms with Gasteiger partial charge in [0.2, 0.25) is 0 Å². The highest BCUT2D eigenvalue weighted by Gasteiger charge is 2.22. The average molecular weight is 628 g/mol. The quantitative estimate of drug-likeness (QED) is 0.179. The van der Waals surface area contributed by atoms with Crippen molar-refractivity contribution in [3.8, 4) is 17.2 Å². The smallest absolute Gasteiger partial charge is 0.163 e. The van der Waals surface area contributed by atoms with Crippen molar-refractivity contribution in [2.75, 3.05) is 0 Å². The van der Waals surface area contributed by atoms with Gasteiger partial charge in [0, 0.05) is 31.8 Å². The van der Waals surface area contributed by atoms with Crippen LogP contribution in [-0.4, -0.2) is 14.5 Å². The maximum Gasteiger partial charge on any atom is 0.163 e. The molecule has 0 unspecified atom stereocenters. The Morgan fingerprint density at radius 3 is 1.77 bits per heavy atom. The molecular formula is C44H25N3S. The van der Waals surface area contributed by atoms with Gasteiger partial charge in [-0.15, -0.1) is 11.3 Å². The summed E-state index contributed by atoms with van der Waals surface area (Å²) >= 11 is 1.74. The summed E-state index contributed by atoms with van der Waals surface area (Å²) in [5.41, 5.74) is 3.32. The van der Waals surface area contributed by atoms with E-state index < -0.39 is 0 Å². The molecule has 8 aromatic carbocycles. The van der Waals surface area contributed by atoms with Crippen LogP contribution >= 0.6 is 11.3 Å². The van der Waals surface area contributed by atoms with Crippen LogP contribution in [-0.2, 0) is 0 Å². The first-order chi connectivity index (χ1) is 23.8. The molecule has 48 heavy (non-hydrogen) atoms. The van der Waals surface area contributed by atoms with Crippen molar-refractivity contribution >= 4 is 96.5 Å². The number of hydrogen-bond acceptors (Lipinski definition) is 3. The first-order valence-electron chi connectivity index (χ1n) is 16.3. The molecule has 11 aromatic rings. The molecule has 4 heteroatoms. The van der Waals surface area contributed by atoms with Crippen molar-refractivity contribution in [2.24, 2.45) is 0 Å². The van der Waals surface area contributed by atoms with Gasteiger partial charge < -0.3 is 0 Å². The van der Waals surface area contributed by atoms with E-state index in [1.807, 2.05) is 0 Å². The summed E-state index contributed by atoms with van der Waals surface area (Å²) in [4.78, 5) is 12.0. The SMILES string of the molecule is c1ccc2cc3c(cc2c1)c1ccccc1n3-c1nc(-c2cccc3c4ccccc4c4ccccc4c23)nc2sc3ccccc3c12. The van der Waals surface area contributed by atoms with Crippen LogP contribution in [0, 0.1) is 0 Å². The van der Waals surface area contributed by atoms with Crippen LogP contribution in [0.2, 0.25) is 0 Å². The fraction of sp³-hybridized carbons (Fsp3) is 0. The number of benzene rings is 8. The van der Waals surface area contributed by atoms with Crippen LogP contribution < -0.4 is 0 Å². The van der Waals surface area contributed by atoms with E-state index in [0.717, 1.165) is 38.5 Å². The van der Waals surface area contributed by atoms with Crippen LogP contribution in [0.5, 0.6) is 0 Å². The molecule has 0 saturated carbocycles. The van der Waals surface area contributed by atoms with E-state index in [4.69, 9.17) is 9.97 Å². The first-order valence-corrected chi connectivity index (χ1v) is 17.1. The second-order valence-electron chi connectivity index (χ2n) is 12.5. The molecule has 0 aliphatic carbocycles. The van der Waals surface area contributed by atoms with Crippen LogP contribution in [0.3, 0.4) is 0 Å². The Bertz CT molecular complexity index is 3090. The lowest BCUT2D eigenvalue weighted by atomic mass is 9.91. The monoisotopic (exact) mass is 627 g/mol. The van der Waals surface area contributed by atoms with E-state index in [0.29, 0.717) is 0 Å². The number of para-hydroxylation sites is 1. The van der Waals surface area contributed by atoms with E-state index in [9.17, 15) is 0 Å². The number of aromatic nitrogens is 3. The van der Waals surface area contributed by atoms with Crippen molar-refractivity contribution in [3.63, 3.8) is 0 Å². The van der Waals surface area contributed by atoms with Gasteiger partial charge in [0.15, 0.2) is 11.6 Å². The maximum atomic E-state index is 5.61. The Morgan fingerprint density at radius 1 is 0.417 bits per heavy atom. The summed E-state index contributed by atoms with van der Waals surface area (Å²) in [6, 6.07) is 54.7. The first kappa shape index (κ1) is 26.0. The second kappa shape index (κ2) is 9.71. The summed E-state index contributed by atoms with van der Waals surface area (Å²) in [5, 5.41) is 14.5. The molecule has 222 valence electrons. The number of thiophene rings is 1. The van der Waals surface area contributed by atoms with E-state index in [2.05, 4.69) is 156 Å². The van der Waals surface area contributed by atoms with Crippen molar-refractivity contribution in [1.29, 1.82) is 0 Å². The molecule has 0 aliphatic heterocycles. The normalized spacial score (nSPS) is 12.2. The molecule has 0 amide bonds. The fourth-order valence-corrected chi connectivity index (χ4v) is 8.98. The zero-order chi connectivity index (χ0) is 31.3. The van der Waals surface area contributed by atoms with Gasteiger partial charge in [-0.25, -0.2) is 9.97 Å². The molecule has 11 rings (SSSR count). The van der Waals surface area contributed by atoms with E-state index in [1.54, 1.807) is 11.3 Å². The predicted molar refractivity (Wildman–Crippen MR) is 205 cm³/mol. The highest BCUT2D eigenvalue weighted by Crippen LogP contribution is 2.44. The highest BCUT2D eigenvalue weighted by atomic mass is 32.1. The second-order valence-corrected chi connectivity index (χ2v) is 13.6. The van der Waals surface area contributed by atoms with Crippen molar-refractivity contribution in [3.05, 3.63) is 152 Å². The minimum absolute atomic E-state index is 0.738. The molecular weight excluding hydrogens is 603 g/mol. The molecule has 0 fully saturated rings. The topological polar surface area (TPSA) is 30.7 Å². The Labute approximate surface area is 278 Å². The Hall–Kier alpha value is -6.10. The summed E-state index contributed by atoms with van der Waals surface area (Å²) in [7, 11) is 0. The third-order valence-corrected chi connectivity index (χ3v) is 11.0. The molecule has 0 radical (unpaired) electrons. The van der Waals surface area contributed by atoms with Gasteiger partial charge in [-0.05, 0) is 62.0 Å². The van der Waals surface area contributed by atoms with E-state index in [1.165, 1.54) is 63.9 Å². The summed E-state index contributed by atoms with van der Waals surface area (Å²) in [5.74, 6) is 1.65. The van der Waals surface area contributed by atoms with Gasteiger partial charge in [-0.2, -0.15) is 0 Å². The molecule has 0 N–H and O–H groups in total. The Balaban J connectivity index is 1.33. The molecule has 3 aromatic heterocycles. The van der Waals surface area contributed by atoms with Crippen molar-refractivity contribution in [2.45, 2.75) is 0 Å². The van der Waals surface area contributed by atoms with Crippen LogP contribution in [0.4, 0.5) is 0 Å². The number of rotatable bonds is 2. The van der Waals surface area contributed by atoms with Crippen LogP contribution in [0.25, 0.3) is 102 Å². The van der Waals surface area contributed by atoms with Gasteiger partial charge in [-0.3, -0.25) is 4.57 Å². The van der Waals surface area contributed by atoms with Crippen molar-refractivity contribution < 1.29 is 0 Å². The van der Waals surface area contributed by atoms with E-state index in [-0.39, 0.29) is 0 Å². The predicted octanol–water partition coefficient (Wildman–Crippen LogP) is 12.2. The third kappa shape index (κ3) is 3.52. The van der Waals surface area contributed by atoms with Gasteiger partial charge >= 0.3 is 0 Å². The van der Waals surface area contributed by atoms with Crippen LogP contribution in [0.15, 0.2) is 152 Å². The lowest BCUT2D eigenvalue weighted by molar-refractivity contribution is 1.08. The fourth-order valence-electron chi connectivity index (χ4n) is 7.91. The average Bonchev–Trinajstić information content (AvgIpc) is 3.69. The number of hydrogen-bond donors (Lipinski definition) is 0.